The fourth-order valence-electron chi connectivity index (χ4n) is 2.04. The van der Waals surface area contributed by atoms with Crippen molar-refractivity contribution in [2.24, 2.45) is 0 Å². The molecule has 0 aromatic heterocycles. The fourth-order valence-corrected chi connectivity index (χ4v) is 2.04. The zero-order valence-corrected chi connectivity index (χ0v) is 11.6. The largest absolute Gasteiger partial charge is 0.508 e. The van der Waals surface area contributed by atoms with E-state index in [1.807, 2.05) is 0 Å². The standard InChI is InChI=1S/C15H14N2O4/c1-9-8-11(18)6-7-13(9)16-15(19)12-4-3-5-14(10(12)2)17(20)21/h3-8,18H,1-2H3,(H,16,19). The number of rotatable bonds is 3. The van der Waals surface area contributed by atoms with E-state index in [-0.39, 0.29) is 17.0 Å². The lowest BCUT2D eigenvalue weighted by Crippen LogP contribution is -2.14. The van der Waals surface area contributed by atoms with Crippen LogP contribution in [0.1, 0.15) is 21.5 Å². The number of aryl methyl sites for hydroxylation is 1. The molecule has 2 N–H and O–H groups in total. The Balaban J connectivity index is 2.33. The zero-order chi connectivity index (χ0) is 15.6. The highest BCUT2D eigenvalue weighted by Gasteiger charge is 2.18. The Bertz CT molecular complexity index is 726. The number of benzene rings is 2. The van der Waals surface area contributed by atoms with Gasteiger partial charge in [0, 0.05) is 22.9 Å². The SMILES string of the molecule is Cc1cc(O)ccc1NC(=O)c1cccc([N+](=O)[O-])c1C. The molecule has 0 aliphatic heterocycles. The lowest BCUT2D eigenvalue weighted by molar-refractivity contribution is -0.385. The van der Waals surface area contributed by atoms with E-state index in [0.717, 1.165) is 0 Å². The van der Waals surface area contributed by atoms with Crippen molar-refractivity contribution < 1.29 is 14.8 Å². The molecule has 1 amide bonds. The number of aromatic hydroxyl groups is 1. The number of carbonyl (C=O) groups is 1. The maximum absolute atomic E-state index is 12.3. The fraction of sp³-hybridized carbons (Fsp3) is 0.133. The van der Waals surface area contributed by atoms with E-state index in [9.17, 15) is 20.0 Å². The lowest BCUT2D eigenvalue weighted by atomic mass is 10.1. The minimum Gasteiger partial charge on any atom is -0.508 e. The van der Waals surface area contributed by atoms with Crippen LogP contribution >= 0.6 is 0 Å². The summed E-state index contributed by atoms with van der Waals surface area (Å²) in [6.07, 6.45) is 0. The van der Waals surface area contributed by atoms with Crippen molar-refractivity contribution in [1.29, 1.82) is 0 Å². The van der Waals surface area contributed by atoms with Gasteiger partial charge in [-0.1, -0.05) is 6.07 Å². The number of anilines is 1. The molecule has 2 aromatic carbocycles. The average Bonchev–Trinajstić information content (AvgIpc) is 2.41. The average molecular weight is 286 g/mol. The molecule has 0 bridgehead atoms. The van der Waals surface area contributed by atoms with Gasteiger partial charge in [0.1, 0.15) is 5.75 Å². The summed E-state index contributed by atoms with van der Waals surface area (Å²) in [5, 5.41) is 22.9. The van der Waals surface area contributed by atoms with Gasteiger partial charge in [0.15, 0.2) is 0 Å². The number of carbonyl (C=O) groups excluding carboxylic acids is 1. The van der Waals surface area contributed by atoms with E-state index in [2.05, 4.69) is 5.32 Å². The third-order valence-corrected chi connectivity index (χ3v) is 3.20. The van der Waals surface area contributed by atoms with Gasteiger partial charge in [0.2, 0.25) is 0 Å². The first kappa shape index (κ1) is 14.5. The van der Waals surface area contributed by atoms with Crippen LogP contribution in [-0.2, 0) is 0 Å². The molecule has 0 aliphatic rings. The first-order valence-electron chi connectivity index (χ1n) is 6.25. The topological polar surface area (TPSA) is 92.5 Å². The molecule has 0 spiro atoms. The van der Waals surface area contributed by atoms with E-state index >= 15 is 0 Å². The zero-order valence-electron chi connectivity index (χ0n) is 11.6. The first-order chi connectivity index (χ1) is 9.90. The Morgan fingerprint density at radius 3 is 2.57 bits per heavy atom. The molecule has 0 heterocycles. The van der Waals surface area contributed by atoms with Crippen LogP contribution in [0.2, 0.25) is 0 Å². The number of nitro benzene ring substituents is 1. The quantitative estimate of drug-likeness (QED) is 0.515. The maximum atomic E-state index is 12.3. The van der Waals surface area contributed by atoms with Gasteiger partial charge in [-0.2, -0.15) is 0 Å². The number of nitrogens with zero attached hydrogens (tertiary/aromatic N) is 1. The number of phenolic OH excluding ortho intramolecular Hbond substituents is 1. The van der Waals surface area contributed by atoms with Gasteiger partial charge in [-0.3, -0.25) is 14.9 Å². The van der Waals surface area contributed by atoms with Crippen LogP contribution in [0.4, 0.5) is 11.4 Å². The highest BCUT2D eigenvalue weighted by atomic mass is 16.6. The third-order valence-electron chi connectivity index (χ3n) is 3.20. The molecule has 0 atom stereocenters. The molecule has 6 heteroatoms. The summed E-state index contributed by atoms with van der Waals surface area (Å²) in [6.45, 7) is 3.28. The normalized spacial score (nSPS) is 10.2. The van der Waals surface area contributed by atoms with E-state index in [1.54, 1.807) is 13.0 Å². The highest BCUT2D eigenvalue weighted by Crippen LogP contribution is 2.24. The van der Waals surface area contributed by atoms with Gasteiger partial charge < -0.3 is 10.4 Å². The van der Waals surface area contributed by atoms with Gasteiger partial charge in [0.05, 0.1) is 4.92 Å². The van der Waals surface area contributed by atoms with E-state index < -0.39 is 10.8 Å². The van der Waals surface area contributed by atoms with Crippen molar-refractivity contribution in [3.05, 3.63) is 63.2 Å². The van der Waals surface area contributed by atoms with Gasteiger partial charge in [0.25, 0.3) is 11.6 Å². The van der Waals surface area contributed by atoms with Crippen LogP contribution in [-0.4, -0.2) is 15.9 Å². The van der Waals surface area contributed by atoms with Gasteiger partial charge in [-0.15, -0.1) is 0 Å². The molecule has 0 saturated heterocycles. The summed E-state index contributed by atoms with van der Waals surface area (Å²) < 4.78 is 0. The van der Waals surface area contributed by atoms with Crippen LogP contribution in [0.3, 0.4) is 0 Å². The second-order valence-corrected chi connectivity index (χ2v) is 4.66. The Kier molecular flexibility index (Phi) is 3.89. The number of amides is 1. The van der Waals surface area contributed by atoms with E-state index in [1.165, 1.54) is 37.3 Å². The first-order valence-corrected chi connectivity index (χ1v) is 6.25. The highest BCUT2D eigenvalue weighted by molar-refractivity contribution is 6.06. The minimum absolute atomic E-state index is 0.0925. The molecule has 21 heavy (non-hydrogen) atoms. The number of phenols is 1. The van der Waals surface area contributed by atoms with Crippen molar-refractivity contribution in [3.63, 3.8) is 0 Å². The van der Waals surface area contributed by atoms with Gasteiger partial charge >= 0.3 is 0 Å². The molecule has 0 saturated carbocycles. The van der Waals surface area contributed by atoms with Gasteiger partial charge in [-0.25, -0.2) is 0 Å². The molecule has 6 nitrogen and oxygen atoms in total. The summed E-state index contributed by atoms with van der Waals surface area (Å²) >= 11 is 0. The molecule has 0 unspecified atom stereocenters. The molecular weight excluding hydrogens is 272 g/mol. The van der Waals surface area contributed by atoms with Gasteiger partial charge in [-0.05, 0) is 43.7 Å². The smallest absolute Gasteiger partial charge is 0.273 e. The van der Waals surface area contributed by atoms with Crippen LogP contribution in [0.5, 0.6) is 5.75 Å². The molecule has 2 rings (SSSR count). The van der Waals surface area contributed by atoms with Crippen LogP contribution in [0.15, 0.2) is 36.4 Å². The summed E-state index contributed by atoms with van der Waals surface area (Å²) in [6, 6.07) is 8.93. The molecule has 0 radical (unpaired) electrons. The van der Waals surface area contributed by atoms with Crippen molar-refractivity contribution in [2.75, 3.05) is 5.32 Å². The van der Waals surface area contributed by atoms with Crippen molar-refractivity contribution in [1.82, 2.24) is 0 Å². The summed E-state index contributed by atoms with van der Waals surface area (Å²) in [7, 11) is 0. The Morgan fingerprint density at radius 1 is 1.24 bits per heavy atom. The lowest BCUT2D eigenvalue weighted by Gasteiger charge is -2.10. The van der Waals surface area contributed by atoms with E-state index in [0.29, 0.717) is 16.8 Å². The molecule has 0 fully saturated rings. The van der Waals surface area contributed by atoms with Crippen LogP contribution in [0.25, 0.3) is 0 Å². The molecule has 108 valence electrons. The number of nitrogens with one attached hydrogen (secondary N) is 1. The maximum Gasteiger partial charge on any atom is 0.273 e. The third kappa shape index (κ3) is 3.00. The van der Waals surface area contributed by atoms with E-state index in [4.69, 9.17) is 0 Å². The number of hydrogen-bond acceptors (Lipinski definition) is 4. The number of hydrogen-bond donors (Lipinski definition) is 2. The molecule has 2 aromatic rings. The van der Waals surface area contributed by atoms with Crippen LogP contribution in [0, 0.1) is 24.0 Å². The van der Waals surface area contributed by atoms with Crippen molar-refractivity contribution in [2.45, 2.75) is 13.8 Å². The molecular formula is C15H14N2O4. The summed E-state index contributed by atoms with van der Waals surface area (Å²) in [5.74, 6) is -0.318. The monoisotopic (exact) mass is 286 g/mol. The Hall–Kier alpha value is -2.89. The number of nitro groups is 1. The predicted octanol–water partition coefficient (Wildman–Crippen LogP) is 3.17. The van der Waals surface area contributed by atoms with Crippen LogP contribution < -0.4 is 5.32 Å². The second-order valence-electron chi connectivity index (χ2n) is 4.66. The van der Waals surface area contributed by atoms with Crippen molar-refractivity contribution in [3.8, 4) is 5.75 Å². The molecule has 0 aliphatic carbocycles. The Labute approximate surface area is 121 Å². The second kappa shape index (κ2) is 5.62. The predicted molar refractivity (Wildman–Crippen MR) is 78.6 cm³/mol. The Morgan fingerprint density at radius 2 is 1.95 bits per heavy atom. The summed E-state index contributed by atoms with van der Waals surface area (Å²) in [4.78, 5) is 22.6. The minimum atomic E-state index is -0.516. The van der Waals surface area contributed by atoms with Crippen molar-refractivity contribution >= 4 is 17.3 Å². The summed E-state index contributed by atoms with van der Waals surface area (Å²) in [5.41, 5.74) is 1.72.